The van der Waals surface area contributed by atoms with Gasteiger partial charge >= 0.3 is 0 Å². The van der Waals surface area contributed by atoms with E-state index in [9.17, 15) is 19.2 Å². The molecular weight excluding hydrogens is 1000 g/mol. The predicted octanol–water partition coefficient (Wildman–Crippen LogP) is 13.2. The highest BCUT2D eigenvalue weighted by atomic mass is 19.1. The van der Waals surface area contributed by atoms with Crippen molar-refractivity contribution in [2.75, 3.05) is 47.7 Å². The average Bonchev–Trinajstić information content (AvgIpc) is 3.64. The van der Waals surface area contributed by atoms with Crippen LogP contribution in [0.4, 0.5) is 27.1 Å². The van der Waals surface area contributed by atoms with Crippen molar-refractivity contribution in [1.29, 1.82) is 0 Å². The highest BCUT2D eigenvalue weighted by Gasteiger charge is 2.25. The molecular formula is C62H61FN8O8. The Kier molecular flexibility index (Phi) is 16.5. The first-order chi connectivity index (χ1) is 38.0. The summed E-state index contributed by atoms with van der Waals surface area (Å²) in [5.74, 6) is -1.64. The van der Waals surface area contributed by atoms with Crippen molar-refractivity contribution in [2.45, 2.75) is 55.4 Å². The number of nitrogens with zero attached hydrogens (tertiary/aromatic N) is 4. The monoisotopic (exact) mass is 1060 g/mol. The number of benzene rings is 5. The van der Waals surface area contributed by atoms with Gasteiger partial charge in [0, 0.05) is 57.2 Å². The molecule has 0 saturated carbocycles. The highest BCUT2D eigenvalue weighted by molar-refractivity contribution is 6.15. The van der Waals surface area contributed by atoms with Gasteiger partial charge in [0.15, 0.2) is 5.82 Å². The van der Waals surface area contributed by atoms with E-state index in [1.165, 1.54) is 30.3 Å². The number of halogens is 1. The Morgan fingerprint density at radius 3 is 0.911 bits per heavy atom. The fourth-order valence-corrected chi connectivity index (χ4v) is 8.33. The van der Waals surface area contributed by atoms with Gasteiger partial charge in [0.2, 0.25) is 0 Å². The van der Waals surface area contributed by atoms with E-state index in [1.807, 2.05) is 79.7 Å². The Balaban J connectivity index is 1.07. The zero-order valence-electron chi connectivity index (χ0n) is 45.2. The molecule has 4 amide bonds. The fourth-order valence-electron chi connectivity index (χ4n) is 8.33. The third-order valence-corrected chi connectivity index (χ3v) is 12.1. The van der Waals surface area contributed by atoms with E-state index in [0.717, 1.165) is 0 Å². The SMILES string of the molecule is CC(C)COc1cc(C(=O)Nc2ccccc2)nc2c1ccc1c(OCC(C)C)cc(C(=O)Nc3cccc(NC(=O)c4cc(OCC(C)C)c5ccc6c(OCC(C)C)cc(C(=O)Nc7ccccc7)nc6c5n4)c3F)nc12. The summed E-state index contributed by atoms with van der Waals surface area (Å²) in [6.45, 7) is 17.2. The third kappa shape index (κ3) is 12.8. The zero-order chi connectivity index (χ0) is 55.9. The van der Waals surface area contributed by atoms with Crippen LogP contribution in [-0.2, 0) is 0 Å². The molecule has 16 nitrogen and oxygen atoms in total. The molecule has 0 saturated heterocycles. The minimum Gasteiger partial charge on any atom is -0.493 e. The quantitative estimate of drug-likeness (QED) is 0.0526. The number of hydrogen-bond acceptors (Lipinski definition) is 12. The first-order valence-corrected chi connectivity index (χ1v) is 26.2. The number of anilines is 4. The number of nitrogens with one attached hydrogen (secondary N) is 4. The number of rotatable bonds is 20. The van der Waals surface area contributed by atoms with E-state index in [-0.39, 0.29) is 93.1 Å². The van der Waals surface area contributed by atoms with Gasteiger partial charge in [-0.3, -0.25) is 19.2 Å². The Hall–Kier alpha value is -9.25. The van der Waals surface area contributed by atoms with Crippen molar-refractivity contribution in [3.05, 3.63) is 156 Å². The Bertz CT molecular complexity index is 3520. The number of fused-ring (bicyclic) bond motifs is 6. The predicted molar refractivity (Wildman–Crippen MR) is 307 cm³/mol. The van der Waals surface area contributed by atoms with Crippen molar-refractivity contribution >= 4 is 90.0 Å². The van der Waals surface area contributed by atoms with Crippen molar-refractivity contribution < 1.29 is 42.5 Å². The molecule has 79 heavy (non-hydrogen) atoms. The molecule has 9 rings (SSSR count). The lowest BCUT2D eigenvalue weighted by molar-refractivity contribution is 0.101. The van der Waals surface area contributed by atoms with E-state index in [4.69, 9.17) is 38.9 Å². The zero-order valence-corrected chi connectivity index (χ0v) is 45.2. The van der Waals surface area contributed by atoms with Crippen LogP contribution in [0.15, 0.2) is 127 Å². The van der Waals surface area contributed by atoms with Crippen LogP contribution in [0.25, 0.3) is 43.6 Å². The molecule has 0 spiro atoms. The lowest BCUT2D eigenvalue weighted by Crippen LogP contribution is -2.18. The van der Waals surface area contributed by atoms with Crippen LogP contribution in [0, 0.1) is 29.5 Å². The number of pyridine rings is 4. The van der Waals surface area contributed by atoms with Crippen LogP contribution in [0.3, 0.4) is 0 Å². The second kappa shape index (κ2) is 24.0. The molecule has 17 heteroatoms. The molecule has 0 unspecified atom stereocenters. The molecule has 0 fully saturated rings. The number of amides is 4. The topological polar surface area (TPSA) is 205 Å². The molecule has 4 aromatic heterocycles. The first kappa shape index (κ1) is 54.5. The van der Waals surface area contributed by atoms with Crippen LogP contribution in [-0.4, -0.2) is 70.0 Å². The number of para-hydroxylation sites is 2. The number of carbonyl (C=O) groups excluding carboxylic acids is 4. The Morgan fingerprint density at radius 1 is 0.380 bits per heavy atom. The lowest BCUT2D eigenvalue weighted by Gasteiger charge is -2.17. The summed E-state index contributed by atoms with van der Waals surface area (Å²) in [5, 5.41) is 13.2. The van der Waals surface area contributed by atoms with Gasteiger partial charge in [-0.2, -0.15) is 0 Å². The number of ether oxygens (including phenoxy) is 4. The molecule has 0 atom stereocenters. The maximum absolute atomic E-state index is 16.8. The van der Waals surface area contributed by atoms with Crippen LogP contribution < -0.4 is 40.2 Å². The van der Waals surface area contributed by atoms with E-state index in [0.29, 0.717) is 69.1 Å². The number of carbonyl (C=O) groups is 4. The van der Waals surface area contributed by atoms with Gasteiger partial charge in [-0.05, 0) is 84.3 Å². The van der Waals surface area contributed by atoms with Gasteiger partial charge in [0.05, 0.1) is 37.8 Å². The molecule has 0 aliphatic heterocycles. The van der Waals surface area contributed by atoms with Gasteiger partial charge in [-0.25, -0.2) is 24.3 Å². The van der Waals surface area contributed by atoms with Gasteiger partial charge < -0.3 is 40.2 Å². The molecule has 9 aromatic rings. The lowest BCUT2D eigenvalue weighted by atomic mass is 10.1. The smallest absolute Gasteiger partial charge is 0.274 e. The third-order valence-electron chi connectivity index (χ3n) is 12.1. The van der Waals surface area contributed by atoms with E-state index in [2.05, 4.69) is 21.3 Å². The van der Waals surface area contributed by atoms with E-state index in [1.54, 1.807) is 72.8 Å². The summed E-state index contributed by atoms with van der Waals surface area (Å²) in [6.07, 6.45) is 0. The molecule has 5 aromatic carbocycles. The fraction of sp³-hybridized carbons (Fsp3) is 0.258. The first-order valence-electron chi connectivity index (χ1n) is 26.2. The standard InChI is InChI=1S/C62H61FN8O8/c1-34(2)30-76-50-26-46(59(72)64-38-16-11-9-12-17-38)66-55-40(50)22-24-42-52(78-32-36(5)6)28-48(68-57(42)55)61(74)70-44-20-15-21-45(54(44)63)71-62(75)49-29-53(79-33-37(7)8)43-25-23-41-51(77-31-35(3)4)27-47(67-56(41)58(43)69-49)60(73)65-39-18-13-10-14-19-39/h9-29,34-37H,30-33H2,1-8H3,(H,64,72)(H,65,73)(H,70,74)(H,71,75). The maximum Gasteiger partial charge on any atom is 0.274 e. The Morgan fingerprint density at radius 2 is 0.646 bits per heavy atom. The largest absolute Gasteiger partial charge is 0.493 e. The molecule has 404 valence electrons. The summed E-state index contributed by atoms with van der Waals surface area (Å²) in [7, 11) is 0. The van der Waals surface area contributed by atoms with Crippen LogP contribution in [0.1, 0.15) is 97.3 Å². The summed E-state index contributed by atoms with van der Waals surface area (Å²) in [4.78, 5) is 75.5. The second-order valence-electron chi connectivity index (χ2n) is 20.8. The minimum absolute atomic E-state index is 0.0478. The minimum atomic E-state index is -0.959. The average molecular weight is 1070 g/mol. The summed E-state index contributed by atoms with van der Waals surface area (Å²) in [6, 6.07) is 35.4. The van der Waals surface area contributed by atoms with Crippen molar-refractivity contribution in [2.24, 2.45) is 23.7 Å². The van der Waals surface area contributed by atoms with E-state index < -0.39 is 29.4 Å². The van der Waals surface area contributed by atoms with E-state index >= 15 is 4.39 Å². The normalized spacial score (nSPS) is 11.5. The van der Waals surface area contributed by atoms with Gasteiger partial charge in [-0.15, -0.1) is 0 Å². The molecule has 0 radical (unpaired) electrons. The maximum atomic E-state index is 16.8. The molecule has 0 bridgehead atoms. The summed E-state index contributed by atoms with van der Waals surface area (Å²) < 4.78 is 41.9. The highest BCUT2D eigenvalue weighted by Crippen LogP contribution is 2.38. The van der Waals surface area contributed by atoms with Crippen molar-refractivity contribution in [1.82, 2.24) is 19.9 Å². The van der Waals surface area contributed by atoms with Crippen LogP contribution >= 0.6 is 0 Å². The van der Waals surface area contributed by atoms with Gasteiger partial charge in [-0.1, -0.05) is 97.9 Å². The Labute approximate surface area is 456 Å². The van der Waals surface area contributed by atoms with Crippen LogP contribution in [0.5, 0.6) is 23.0 Å². The molecule has 0 aliphatic rings. The molecule has 4 N–H and O–H groups in total. The summed E-state index contributed by atoms with van der Waals surface area (Å²) >= 11 is 0. The van der Waals surface area contributed by atoms with Gasteiger partial charge in [0.25, 0.3) is 23.6 Å². The summed E-state index contributed by atoms with van der Waals surface area (Å²) in [5.41, 5.74) is 1.41. The number of aromatic nitrogens is 4. The van der Waals surface area contributed by atoms with Crippen molar-refractivity contribution in [3.8, 4) is 23.0 Å². The second-order valence-corrected chi connectivity index (χ2v) is 20.8. The van der Waals surface area contributed by atoms with Crippen LogP contribution in [0.2, 0.25) is 0 Å². The van der Waals surface area contributed by atoms with Crippen molar-refractivity contribution in [3.63, 3.8) is 0 Å². The van der Waals surface area contributed by atoms with Gasteiger partial charge in [0.1, 0.15) is 67.8 Å². The molecule has 0 aliphatic carbocycles. The number of hydrogen-bond donors (Lipinski definition) is 4. The molecule has 4 heterocycles.